The fourth-order valence-corrected chi connectivity index (χ4v) is 3.43. The van der Waals surface area contributed by atoms with E-state index in [9.17, 15) is 0 Å². The van der Waals surface area contributed by atoms with Crippen molar-refractivity contribution in [2.75, 3.05) is 0 Å². The summed E-state index contributed by atoms with van der Waals surface area (Å²) in [6.07, 6.45) is 2.34. The summed E-state index contributed by atoms with van der Waals surface area (Å²) in [4.78, 5) is 4.81. The van der Waals surface area contributed by atoms with E-state index in [4.69, 9.17) is 9.72 Å². The lowest BCUT2D eigenvalue weighted by molar-refractivity contribution is -0.145. The van der Waals surface area contributed by atoms with E-state index < -0.39 is 0 Å². The van der Waals surface area contributed by atoms with Crippen LogP contribution in [0.5, 0.6) is 0 Å². The Hall–Kier alpha value is -1.81. The highest BCUT2D eigenvalue weighted by molar-refractivity contribution is 5.54. The zero-order valence-electron chi connectivity index (χ0n) is 11.7. The molecule has 0 amide bonds. The normalized spacial score (nSPS) is 31.1. The Kier molecular flexibility index (Phi) is 2.45. The Bertz CT molecular complexity index is 658. The molecule has 3 unspecified atom stereocenters. The first-order valence-corrected chi connectivity index (χ1v) is 7.16. The molecule has 2 bridgehead atoms. The van der Waals surface area contributed by atoms with Crippen LogP contribution in [-0.2, 0) is 10.3 Å². The minimum absolute atomic E-state index is 0.210. The first-order valence-electron chi connectivity index (χ1n) is 7.16. The lowest BCUT2D eigenvalue weighted by Crippen LogP contribution is -2.46. The van der Waals surface area contributed by atoms with Crippen LogP contribution in [0.1, 0.15) is 44.0 Å². The van der Waals surface area contributed by atoms with Gasteiger partial charge in [0.25, 0.3) is 0 Å². The van der Waals surface area contributed by atoms with Crippen LogP contribution in [-0.4, -0.2) is 21.3 Å². The molecule has 4 nitrogen and oxygen atoms in total. The molecule has 1 aliphatic carbocycles. The summed E-state index contributed by atoms with van der Waals surface area (Å²) in [5.74, 6) is 1.07. The standard InChI is InChI=1S/C16H17N3O/c1-10-12-8-9-16(2,20-10)14-13(12)17-15(19-18-14)11-6-4-3-5-7-11/h3-7,10,12H,8-9H2,1-2H3. The Morgan fingerprint density at radius 2 is 2.00 bits per heavy atom. The second kappa shape index (κ2) is 4.09. The first kappa shape index (κ1) is 12.0. The van der Waals surface area contributed by atoms with Crippen LogP contribution in [0.15, 0.2) is 30.3 Å². The number of rotatable bonds is 1. The van der Waals surface area contributed by atoms with Gasteiger partial charge in [0.1, 0.15) is 11.3 Å². The molecule has 0 spiro atoms. The molecule has 2 aliphatic heterocycles. The molecule has 3 heterocycles. The molecule has 102 valence electrons. The summed E-state index contributed by atoms with van der Waals surface area (Å²) in [5.41, 5.74) is 2.74. The molecule has 0 N–H and O–H groups in total. The van der Waals surface area contributed by atoms with Gasteiger partial charge in [-0.15, -0.1) is 10.2 Å². The summed E-state index contributed by atoms with van der Waals surface area (Å²) in [6.45, 7) is 4.24. The monoisotopic (exact) mass is 267 g/mol. The summed E-state index contributed by atoms with van der Waals surface area (Å²) in [5, 5.41) is 8.76. The van der Waals surface area contributed by atoms with E-state index in [2.05, 4.69) is 24.0 Å². The predicted molar refractivity (Wildman–Crippen MR) is 75.1 cm³/mol. The van der Waals surface area contributed by atoms with Crippen molar-refractivity contribution in [3.8, 4) is 11.4 Å². The molecule has 1 fully saturated rings. The topological polar surface area (TPSA) is 47.9 Å². The van der Waals surface area contributed by atoms with Crippen LogP contribution in [0.2, 0.25) is 0 Å². The maximum Gasteiger partial charge on any atom is 0.182 e. The van der Waals surface area contributed by atoms with Gasteiger partial charge in [0.15, 0.2) is 5.82 Å². The highest BCUT2D eigenvalue weighted by atomic mass is 16.5. The molecular formula is C16H17N3O. The molecule has 3 atom stereocenters. The minimum atomic E-state index is -0.307. The van der Waals surface area contributed by atoms with Crippen molar-refractivity contribution in [3.63, 3.8) is 0 Å². The zero-order chi connectivity index (χ0) is 13.7. The van der Waals surface area contributed by atoms with Crippen molar-refractivity contribution in [2.24, 2.45) is 0 Å². The van der Waals surface area contributed by atoms with E-state index in [0.717, 1.165) is 29.8 Å². The van der Waals surface area contributed by atoms with Crippen molar-refractivity contribution in [2.45, 2.75) is 44.3 Å². The molecule has 0 saturated carbocycles. The first-order chi connectivity index (χ1) is 9.67. The average Bonchev–Trinajstić information content (AvgIpc) is 2.47. The Balaban J connectivity index is 1.86. The Morgan fingerprint density at radius 1 is 1.20 bits per heavy atom. The molecule has 4 heteroatoms. The van der Waals surface area contributed by atoms with Crippen LogP contribution in [0.4, 0.5) is 0 Å². The third kappa shape index (κ3) is 1.61. The van der Waals surface area contributed by atoms with Gasteiger partial charge in [0.05, 0.1) is 11.8 Å². The van der Waals surface area contributed by atoms with Gasteiger partial charge in [-0.3, -0.25) is 0 Å². The smallest absolute Gasteiger partial charge is 0.182 e. The molecule has 3 aliphatic rings. The van der Waals surface area contributed by atoms with Gasteiger partial charge in [0.2, 0.25) is 0 Å². The molecule has 2 aromatic rings. The Morgan fingerprint density at radius 3 is 2.75 bits per heavy atom. The zero-order valence-corrected chi connectivity index (χ0v) is 11.7. The highest BCUT2D eigenvalue weighted by Crippen LogP contribution is 2.50. The van der Waals surface area contributed by atoms with Gasteiger partial charge in [-0.05, 0) is 26.7 Å². The number of aromatic nitrogens is 3. The number of ether oxygens (including phenoxy) is 1. The summed E-state index contributed by atoms with van der Waals surface area (Å²) >= 11 is 0. The van der Waals surface area contributed by atoms with Gasteiger partial charge in [-0.1, -0.05) is 30.3 Å². The van der Waals surface area contributed by atoms with Gasteiger partial charge < -0.3 is 4.74 Å². The Labute approximate surface area is 118 Å². The van der Waals surface area contributed by atoms with Crippen molar-refractivity contribution >= 4 is 0 Å². The summed E-state index contributed by atoms with van der Waals surface area (Å²) in [7, 11) is 0. The number of hydrogen-bond acceptors (Lipinski definition) is 4. The van der Waals surface area contributed by atoms with E-state index in [1.54, 1.807) is 0 Å². The maximum absolute atomic E-state index is 6.10. The van der Waals surface area contributed by atoms with Gasteiger partial charge in [-0.2, -0.15) is 0 Å². The fourth-order valence-electron chi connectivity index (χ4n) is 3.43. The van der Waals surface area contributed by atoms with Crippen LogP contribution >= 0.6 is 0 Å². The van der Waals surface area contributed by atoms with Gasteiger partial charge >= 0.3 is 0 Å². The second-order valence-electron chi connectivity index (χ2n) is 5.93. The molecule has 20 heavy (non-hydrogen) atoms. The van der Waals surface area contributed by atoms with Crippen LogP contribution in [0.3, 0.4) is 0 Å². The van der Waals surface area contributed by atoms with Crippen molar-refractivity contribution < 1.29 is 4.74 Å². The average molecular weight is 267 g/mol. The molecule has 5 rings (SSSR count). The molecule has 1 aromatic carbocycles. The van der Waals surface area contributed by atoms with E-state index in [1.165, 1.54) is 0 Å². The van der Waals surface area contributed by atoms with Crippen molar-refractivity contribution in [3.05, 3.63) is 41.7 Å². The van der Waals surface area contributed by atoms with Gasteiger partial charge in [-0.25, -0.2) is 4.98 Å². The van der Waals surface area contributed by atoms with Crippen LogP contribution in [0, 0.1) is 0 Å². The summed E-state index contributed by atoms with van der Waals surface area (Å²) in [6, 6.07) is 10.0. The van der Waals surface area contributed by atoms with E-state index in [0.29, 0.717) is 11.7 Å². The predicted octanol–water partition coefficient (Wildman–Crippen LogP) is 3.05. The van der Waals surface area contributed by atoms with Gasteiger partial charge in [0, 0.05) is 11.5 Å². The van der Waals surface area contributed by atoms with E-state index in [-0.39, 0.29) is 11.7 Å². The maximum atomic E-state index is 6.10. The number of fused-ring (bicyclic) bond motifs is 2. The molecule has 0 radical (unpaired) electrons. The highest BCUT2D eigenvalue weighted by Gasteiger charge is 2.49. The molecular weight excluding hydrogens is 250 g/mol. The van der Waals surface area contributed by atoms with E-state index >= 15 is 0 Å². The quantitative estimate of drug-likeness (QED) is 0.796. The largest absolute Gasteiger partial charge is 0.365 e. The lowest BCUT2D eigenvalue weighted by atomic mass is 9.74. The van der Waals surface area contributed by atoms with Crippen LogP contribution in [0.25, 0.3) is 11.4 Å². The number of hydrogen-bond donors (Lipinski definition) is 0. The SMILES string of the molecule is CC1OC2(C)CCC1c1nc(-c3ccccc3)nnc12. The third-order valence-corrected chi connectivity index (χ3v) is 4.54. The lowest BCUT2D eigenvalue weighted by Gasteiger charge is -2.47. The third-order valence-electron chi connectivity index (χ3n) is 4.54. The molecule has 1 aromatic heterocycles. The van der Waals surface area contributed by atoms with E-state index in [1.807, 2.05) is 30.3 Å². The van der Waals surface area contributed by atoms with Crippen LogP contribution < -0.4 is 0 Å². The summed E-state index contributed by atoms with van der Waals surface area (Å²) < 4.78 is 6.10. The number of benzene rings is 1. The fraction of sp³-hybridized carbons (Fsp3) is 0.438. The number of nitrogens with zero attached hydrogens (tertiary/aromatic N) is 3. The second-order valence-corrected chi connectivity index (χ2v) is 5.93. The van der Waals surface area contributed by atoms with Crippen molar-refractivity contribution in [1.29, 1.82) is 0 Å². The van der Waals surface area contributed by atoms with Crippen molar-refractivity contribution in [1.82, 2.24) is 15.2 Å². The molecule has 1 saturated heterocycles. The minimum Gasteiger partial charge on any atom is -0.365 e.